The Morgan fingerprint density at radius 2 is 2.04 bits per heavy atom. The molecule has 0 atom stereocenters. The minimum Gasteiger partial charge on any atom is -0.462 e. The number of aromatic nitrogens is 1. The summed E-state index contributed by atoms with van der Waals surface area (Å²) in [5.74, 6) is -0.415. The number of anilines is 2. The third-order valence-corrected chi connectivity index (χ3v) is 3.94. The monoisotopic (exact) mass is 340 g/mol. The van der Waals surface area contributed by atoms with Crippen LogP contribution in [-0.2, 0) is 4.74 Å². The molecule has 0 amide bonds. The highest BCUT2D eigenvalue weighted by atomic mass is 35.5. The van der Waals surface area contributed by atoms with Crippen molar-refractivity contribution in [3.63, 3.8) is 0 Å². The second-order valence-corrected chi connectivity index (χ2v) is 5.81. The first-order valence-corrected chi connectivity index (χ1v) is 8.06. The first-order valence-electron chi connectivity index (χ1n) is 7.68. The van der Waals surface area contributed by atoms with Crippen molar-refractivity contribution in [3.05, 3.63) is 64.8 Å². The van der Waals surface area contributed by atoms with Gasteiger partial charge in [0.15, 0.2) is 0 Å². The van der Waals surface area contributed by atoms with Gasteiger partial charge < -0.3 is 10.1 Å². The van der Waals surface area contributed by atoms with Gasteiger partial charge in [0.05, 0.1) is 22.8 Å². The Labute approximate surface area is 145 Å². The Bertz CT molecular complexity index is 909. The minimum absolute atomic E-state index is 0.302. The molecule has 0 spiro atoms. The first-order chi connectivity index (χ1) is 11.6. The number of nitrogens with zero attached hydrogens (tertiary/aromatic N) is 1. The topological polar surface area (TPSA) is 51.2 Å². The fourth-order valence-electron chi connectivity index (χ4n) is 2.55. The summed E-state index contributed by atoms with van der Waals surface area (Å²) in [5.41, 5.74) is 3.67. The fourth-order valence-corrected chi connectivity index (χ4v) is 2.78. The van der Waals surface area contributed by atoms with Crippen molar-refractivity contribution in [2.24, 2.45) is 0 Å². The molecule has 5 heteroatoms. The lowest BCUT2D eigenvalue weighted by molar-refractivity contribution is 0.0527. The molecule has 0 radical (unpaired) electrons. The summed E-state index contributed by atoms with van der Waals surface area (Å²) >= 11 is 6.24. The van der Waals surface area contributed by atoms with Crippen LogP contribution in [0.3, 0.4) is 0 Å². The number of hydrogen-bond acceptors (Lipinski definition) is 4. The SMILES string of the molecule is CCOC(=O)c1cnc2c(Cl)cccc2c1Nc1cccc(C)c1. The van der Waals surface area contributed by atoms with E-state index in [0.29, 0.717) is 28.4 Å². The number of para-hydroxylation sites is 1. The molecule has 122 valence electrons. The molecule has 1 N–H and O–H groups in total. The number of pyridine rings is 1. The molecule has 1 aromatic heterocycles. The van der Waals surface area contributed by atoms with Crippen LogP contribution in [0.2, 0.25) is 5.02 Å². The molecule has 0 unspecified atom stereocenters. The zero-order valence-corrected chi connectivity index (χ0v) is 14.2. The van der Waals surface area contributed by atoms with Crippen LogP contribution in [-0.4, -0.2) is 17.6 Å². The zero-order chi connectivity index (χ0) is 17.1. The van der Waals surface area contributed by atoms with E-state index in [1.165, 1.54) is 6.20 Å². The Hall–Kier alpha value is -2.59. The van der Waals surface area contributed by atoms with Gasteiger partial charge in [-0.05, 0) is 37.6 Å². The third kappa shape index (κ3) is 3.19. The van der Waals surface area contributed by atoms with E-state index in [0.717, 1.165) is 16.6 Å². The molecule has 2 aromatic carbocycles. The van der Waals surface area contributed by atoms with Crippen LogP contribution >= 0.6 is 11.6 Å². The molecule has 0 aliphatic carbocycles. The number of hydrogen-bond donors (Lipinski definition) is 1. The van der Waals surface area contributed by atoms with Gasteiger partial charge in [-0.15, -0.1) is 0 Å². The molecule has 0 saturated carbocycles. The predicted molar refractivity (Wildman–Crippen MR) is 97.2 cm³/mol. The van der Waals surface area contributed by atoms with Crippen molar-refractivity contribution < 1.29 is 9.53 Å². The summed E-state index contributed by atoms with van der Waals surface area (Å²) in [6, 6.07) is 13.4. The second kappa shape index (κ2) is 6.89. The highest BCUT2D eigenvalue weighted by molar-refractivity contribution is 6.35. The molecule has 3 rings (SSSR count). The van der Waals surface area contributed by atoms with Crippen molar-refractivity contribution in [2.75, 3.05) is 11.9 Å². The van der Waals surface area contributed by atoms with Crippen LogP contribution in [0.5, 0.6) is 0 Å². The van der Waals surface area contributed by atoms with Crippen molar-refractivity contribution >= 4 is 39.8 Å². The van der Waals surface area contributed by atoms with E-state index >= 15 is 0 Å². The van der Waals surface area contributed by atoms with Crippen molar-refractivity contribution in [1.82, 2.24) is 4.98 Å². The van der Waals surface area contributed by atoms with Gasteiger partial charge in [0.25, 0.3) is 0 Å². The minimum atomic E-state index is -0.415. The van der Waals surface area contributed by atoms with E-state index in [-0.39, 0.29) is 0 Å². The molecule has 0 bridgehead atoms. The third-order valence-electron chi connectivity index (χ3n) is 3.63. The van der Waals surface area contributed by atoms with E-state index in [2.05, 4.69) is 10.3 Å². The van der Waals surface area contributed by atoms with Crippen LogP contribution in [0.1, 0.15) is 22.8 Å². The molecular formula is C19H17ClN2O2. The zero-order valence-electron chi connectivity index (χ0n) is 13.5. The largest absolute Gasteiger partial charge is 0.462 e. The molecule has 24 heavy (non-hydrogen) atoms. The van der Waals surface area contributed by atoms with E-state index in [1.54, 1.807) is 13.0 Å². The van der Waals surface area contributed by atoms with Crippen LogP contribution in [0.25, 0.3) is 10.9 Å². The molecule has 1 heterocycles. The molecule has 0 aliphatic rings. The summed E-state index contributed by atoms with van der Waals surface area (Å²) in [6.07, 6.45) is 1.50. The summed E-state index contributed by atoms with van der Waals surface area (Å²) in [4.78, 5) is 16.6. The van der Waals surface area contributed by atoms with Crippen LogP contribution in [0, 0.1) is 6.92 Å². The molecule has 0 saturated heterocycles. The molecule has 0 fully saturated rings. The van der Waals surface area contributed by atoms with Crippen molar-refractivity contribution in [2.45, 2.75) is 13.8 Å². The molecule has 0 aliphatic heterocycles. The lowest BCUT2D eigenvalue weighted by Gasteiger charge is -2.15. The van der Waals surface area contributed by atoms with Gasteiger partial charge in [-0.2, -0.15) is 0 Å². The van der Waals surface area contributed by atoms with E-state index in [4.69, 9.17) is 16.3 Å². The standard InChI is InChI=1S/C19H17ClN2O2/c1-3-24-19(23)15-11-21-18-14(8-5-9-16(18)20)17(15)22-13-7-4-6-12(2)10-13/h4-11H,3H2,1-2H3,(H,21,22). The quantitative estimate of drug-likeness (QED) is 0.670. The van der Waals surface area contributed by atoms with E-state index < -0.39 is 5.97 Å². The number of nitrogens with one attached hydrogen (secondary N) is 1. The highest BCUT2D eigenvalue weighted by Gasteiger charge is 2.18. The fraction of sp³-hybridized carbons (Fsp3) is 0.158. The van der Waals surface area contributed by atoms with Gasteiger partial charge in [-0.25, -0.2) is 4.79 Å². The lowest BCUT2D eigenvalue weighted by Crippen LogP contribution is -2.09. The maximum absolute atomic E-state index is 12.3. The number of aryl methyl sites for hydroxylation is 1. The summed E-state index contributed by atoms with van der Waals surface area (Å²) in [6.45, 7) is 4.09. The van der Waals surface area contributed by atoms with Crippen LogP contribution in [0.15, 0.2) is 48.7 Å². The molecule has 4 nitrogen and oxygen atoms in total. The predicted octanol–water partition coefficient (Wildman–Crippen LogP) is 5.12. The number of benzene rings is 2. The van der Waals surface area contributed by atoms with Gasteiger partial charge in [-0.1, -0.05) is 35.9 Å². The number of esters is 1. The normalized spacial score (nSPS) is 10.6. The smallest absolute Gasteiger partial charge is 0.341 e. The van der Waals surface area contributed by atoms with Gasteiger partial charge in [0.2, 0.25) is 0 Å². The first kappa shape index (κ1) is 16.3. The average Bonchev–Trinajstić information content (AvgIpc) is 2.56. The Kier molecular flexibility index (Phi) is 4.67. The lowest BCUT2D eigenvalue weighted by atomic mass is 10.1. The summed E-state index contributed by atoms with van der Waals surface area (Å²) in [5, 5.41) is 4.63. The Morgan fingerprint density at radius 3 is 2.79 bits per heavy atom. The van der Waals surface area contributed by atoms with Gasteiger partial charge >= 0.3 is 5.97 Å². The Morgan fingerprint density at radius 1 is 1.25 bits per heavy atom. The Balaban J connectivity index is 2.18. The second-order valence-electron chi connectivity index (χ2n) is 5.40. The van der Waals surface area contributed by atoms with Gasteiger partial charge in [0, 0.05) is 17.3 Å². The number of fused-ring (bicyclic) bond motifs is 1. The van der Waals surface area contributed by atoms with E-state index in [1.807, 2.05) is 43.3 Å². The molecule has 3 aromatic rings. The van der Waals surface area contributed by atoms with Gasteiger partial charge in [-0.3, -0.25) is 4.98 Å². The molecular weight excluding hydrogens is 324 g/mol. The van der Waals surface area contributed by atoms with E-state index in [9.17, 15) is 4.79 Å². The summed E-state index contributed by atoms with van der Waals surface area (Å²) < 4.78 is 5.16. The maximum Gasteiger partial charge on any atom is 0.341 e. The van der Waals surface area contributed by atoms with Crippen molar-refractivity contribution in [3.8, 4) is 0 Å². The highest BCUT2D eigenvalue weighted by Crippen LogP contribution is 2.32. The number of carbonyl (C=O) groups excluding carboxylic acids is 1. The summed E-state index contributed by atoms with van der Waals surface area (Å²) in [7, 11) is 0. The number of carbonyl (C=O) groups is 1. The number of ether oxygens (including phenoxy) is 1. The van der Waals surface area contributed by atoms with Crippen LogP contribution in [0.4, 0.5) is 11.4 Å². The van der Waals surface area contributed by atoms with Crippen LogP contribution < -0.4 is 5.32 Å². The van der Waals surface area contributed by atoms with Crippen molar-refractivity contribution in [1.29, 1.82) is 0 Å². The van der Waals surface area contributed by atoms with Gasteiger partial charge in [0.1, 0.15) is 5.56 Å². The number of halogens is 1. The maximum atomic E-state index is 12.3. The number of rotatable bonds is 4. The average molecular weight is 341 g/mol.